The zero-order chi connectivity index (χ0) is 17.2. The number of fused-ring (bicyclic) bond motifs is 1. The van der Waals surface area contributed by atoms with Gasteiger partial charge in [0.2, 0.25) is 0 Å². The molecule has 3 aromatic rings. The molecule has 0 atom stereocenters. The van der Waals surface area contributed by atoms with Crippen molar-refractivity contribution in [3.05, 3.63) is 54.4 Å². The molecule has 0 aliphatic carbocycles. The summed E-state index contributed by atoms with van der Waals surface area (Å²) >= 11 is 0. The zero-order valence-corrected chi connectivity index (χ0v) is 14.6. The molecule has 0 bridgehead atoms. The molecule has 1 saturated heterocycles. The summed E-state index contributed by atoms with van der Waals surface area (Å²) in [5, 5.41) is 1.15. The summed E-state index contributed by atoms with van der Waals surface area (Å²) < 4.78 is 5.50. The number of pyridine rings is 2. The number of methoxy groups -OCH3 is 1. The molecule has 0 N–H and O–H groups in total. The van der Waals surface area contributed by atoms with Crippen LogP contribution in [-0.2, 0) is 0 Å². The average Bonchev–Trinajstić information content (AvgIpc) is 2.68. The second-order valence-corrected chi connectivity index (χ2v) is 6.30. The van der Waals surface area contributed by atoms with E-state index < -0.39 is 0 Å². The lowest BCUT2D eigenvalue weighted by molar-refractivity contribution is 0.419. The summed E-state index contributed by atoms with van der Waals surface area (Å²) in [7, 11) is 1.70. The minimum absolute atomic E-state index is 0.828. The highest BCUT2D eigenvalue weighted by molar-refractivity contribution is 5.95. The monoisotopic (exact) mass is 334 g/mol. The van der Waals surface area contributed by atoms with Crippen LogP contribution >= 0.6 is 0 Å². The smallest absolute Gasteiger partial charge is 0.145 e. The van der Waals surface area contributed by atoms with E-state index in [1.54, 1.807) is 7.11 Å². The van der Waals surface area contributed by atoms with Gasteiger partial charge in [-0.1, -0.05) is 18.2 Å². The number of ether oxygens (including phenoxy) is 1. The summed E-state index contributed by atoms with van der Waals surface area (Å²) in [5.74, 6) is 1.88. The first-order valence-electron chi connectivity index (χ1n) is 8.61. The number of piperazine rings is 1. The van der Waals surface area contributed by atoms with E-state index in [9.17, 15) is 0 Å². The lowest BCUT2D eigenvalue weighted by Crippen LogP contribution is -2.46. The molecule has 1 aromatic carbocycles. The Morgan fingerprint density at radius 1 is 0.960 bits per heavy atom. The molecule has 4 rings (SSSR count). The fourth-order valence-corrected chi connectivity index (χ4v) is 3.47. The minimum Gasteiger partial charge on any atom is -0.494 e. The second-order valence-electron chi connectivity index (χ2n) is 6.30. The van der Waals surface area contributed by atoms with Crippen molar-refractivity contribution in [1.82, 2.24) is 9.97 Å². The molecule has 5 heteroatoms. The Bertz CT molecular complexity index is 874. The van der Waals surface area contributed by atoms with E-state index in [0.717, 1.165) is 54.3 Å². The average molecular weight is 334 g/mol. The van der Waals surface area contributed by atoms with Gasteiger partial charge in [-0.3, -0.25) is 0 Å². The van der Waals surface area contributed by atoms with Gasteiger partial charge < -0.3 is 14.5 Å². The third-order valence-corrected chi connectivity index (χ3v) is 4.72. The van der Waals surface area contributed by atoms with E-state index in [1.165, 1.54) is 5.69 Å². The van der Waals surface area contributed by atoms with Gasteiger partial charge in [0, 0.05) is 49.1 Å². The first-order valence-corrected chi connectivity index (χ1v) is 8.61. The number of aryl methyl sites for hydroxylation is 1. The van der Waals surface area contributed by atoms with Gasteiger partial charge in [-0.05, 0) is 31.2 Å². The maximum atomic E-state index is 5.50. The second kappa shape index (κ2) is 6.59. The SMILES string of the molecule is COc1cccc2c(N3CCN(c4ccccn4)CC3)cc(C)nc12. The van der Waals surface area contributed by atoms with Crippen molar-refractivity contribution in [3.8, 4) is 5.75 Å². The number of nitrogens with zero attached hydrogens (tertiary/aromatic N) is 4. The van der Waals surface area contributed by atoms with Gasteiger partial charge in [-0.2, -0.15) is 0 Å². The van der Waals surface area contributed by atoms with Crippen LogP contribution < -0.4 is 14.5 Å². The van der Waals surface area contributed by atoms with Gasteiger partial charge in [0.15, 0.2) is 0 Å². The number of rotatable bonds is 3. The van der Waals surface area contributed by atoms with Crippen LogP contribution in [0.3, 0.4) is 0 Å². The van der Waals surface area contributed by atoms with Crippen molar-refractivity contribution in [2.45, 2.75) is 6.92 Å². The molecule has 3 heterocycles. The highest BCUT2D eigenvalue weighted by Crippen LogP contribution is 2.32. The van der Waals surface area contributed by atoms with Gasteiger partial charge in [0.1, 0.15) is 17.1 Å². The minimum atomic E-state index is 0.828. The fourth-order valence-electron chi connectivity index (χ4n) is 3.47. The van der Waals surface area contributed by atoms with Crippen molar-refractivity contribution in [3.63, 3.8) is 0 Å². The van der Waals surface area contributed by atoms with Gasteiger partial charge in [-0.25, -0.2) is 9.97 Å². The summed E-state index contributed by atoms with van der Waals surface area (Å²) in [6.07, 6.45) is 1.85. The topological polar surface area (TPSA) is 41.5 Å². The van der Waals surface area contributed by atoms with Crippen molar-refractivity contribution in [2.24, 2.45) is 0 Å². The largest absolute Gasteiger partial charge is 0.494 e. The van der Waals surface area contributed by atoms with Crippen molar-refractivity contribution in [2.75, 3.05) is 43.1 Å². The Morgan fingerprint density at radius 3 is 2.48 bits per heavy atom. The molecule has 0 radical (unpaired) electrons. The molecule has 1 aliphatic heterocycles. The van der Waals surface area contributed by atoms with E-state index in [-0.39, 0.29) is 0 Å². The lowest BCUT2D eigenvalue weighted by Gasteiger charge is -2.37. The molecule has 0 unspecified atom stereocenters. The molecule has 0 amide bonds. The summed E-state index contributed by atoms with van der Waals surface area (Å²) in [4.78, 5) is 13.9. The molecule has 2 aromatic heterocycles. The van der Waals surface area contributed by atoms with E-state index in [1.807, 2.05) is 37.4 Å². The molecule has 128 valence electrons. The van der Waals surface area contributed by atoms with Crippen LogP contribution in [0.25, 0.3) is 10.9 Å². The van der Waals surface area contributed by atoms with Gasteiger partial charge in [0.25, 0.3) is 0 Å². The van der Waals surface area contributed by atoms with Gasteiger partial charge in [-0.15, -0.1) is 0 Å². The van der Waals surface area contributed by atoms with Gasteiger partial charge in [0.05, 0.1) is 7.11 Å². The molecule has 25 heavy (non-hydrogen) atoms. The normalized spacial score (nSPS) is 14.8. The first kappa shape index (κ1) is 15.7. The molecule has 0 spiro atoms. The number of hydrogen-bond donors (Lipinski definition) is 0. The highest BCUT2D eigenvalue weighted by atomic mass is 16.5. The summed E-state index contributed by atoms with van der Waals surface area (Å²) in [6.45, 7) is 5.89. The lowest BCUT2D eigenvalue weighted by atomic mass is 10.1. The van der Waals surface area contributed by atoms with Crippen molar-refractivity contribution < 1.29 is 4.74 Å². The highest BCUT2D eigenvalue weighted by Gasteiger charge is 2.20. The van der Waals surface area contributed by atoms with Crippen LogP contribution in [0.2, 0.25) is 0 Å². The Kier molecular flexibility index (Phi) is 4.14. The van der Waals surface area contributed by atoms with Crippen molar-refractivity contribution >= 4 is 22.4 Å². The predicted molar refractivity (Wildman–Crippen MR) is 102 cm³/mol. The Balaban J connectivity index is 1.63. The van der Waals surface area contributed by atoms with E-state index in [0.29, 0.717) is 0 Å². The fraction of sp³-hybridized carbons (Fsp3) is 0.300. The summed E-state index contributed by atoms with van der Waals surface area (Å²) in [5.41, 5.74) is 3.19. The van der Waals surface area contributed by atoms with E-state index in [4.69, 9.17) is 9.72 Å². The Labute approximate surface area is 147 Å². The van der Waals surface area contributed by atoms with E-state index in [2.05, 4.69) is 33.0 Å². The third-order valence-electron chi connectivity index (χ3n) is 4.72. The van der Waals surface area contributed by atoms with Gasteiger partial charge >= 0.3 is 0 Å². The van der Waals surface area contributed by atoms with Crippen LogP contribution in [0, 0.1) is 6.92 Å². The zero-order valence-electron chi connectivity index (χ0n) is 14.6. The standard InChI is InChI=1S/C20H22N4O/c1-15-14-17(16-6-5-7-18(25-2)20(16)22-15)23-10-12-24(13-11-23)19-8-3-4-9-21-19/h3-9,14H,10-13H2,1-2H3. The number of aromatic nitrogens is 2. The van der Waals surface area contributed by atoms with Crippen LogP contribution in [0.5, 0.6) is 5.75 Å². The number of benzene rings is 1. The van der Waals surface area contributed by atoms with Crippen LogP contribution in [0.15, 0.2) is 48.7 Å². The number of para-hydroxylation sites is 1. The molecule has 1 fully saturated rings. The maximum Gasteiger partial charge on any atom is 0.145 e. The number of hydrogen-bond acceptors (Lipinski definition) is 5. The molecule has 5 nitrogen and oxygen atoms in total. The molecule has 0 saturated carbocycles. The third kappa shape index (κ3) is 2.97. The van der Waals surface area contributed by atoms with Crippen molar-refractivity contribution in [1.29, 1.82) is 0 Å². The molecular formula is C20H22N4O. The Morgan fingerprint density at radius 2 is 1.76 bits per heavy atom. The van der Waals surface area contributed by atoms with E-state index >= 15 is 0 Å². The maximum absolute atomic E-state index is 5.50. The Hall–Kier alpha value is -2.82. The van der Waals surface area contributed by atoms with Crippen LogP contribution in [0.1, 0.15) is 5.69 Å². The first-order chi connectivity index (χ1) is 12.3. The predicted octanol–water partition coefficient (Wildman–Crippen LogP) is 3.27. The van der Waals surface area contributed by atoms with Crippen LogP contribution in [0.4, 0.5) is 11.5 Å². The number of anilines is 2. The quantitative estimate of drug-likeness (QED) is 0.735. The van der Waals surface area contributed by atoms with Crippen LogP contribution in [-0.4, -0.2) is 43.3 Å². The summed E-state index contributed by atoms with van der Waals surface area (Å²) in [6, 6.07) is 14.4. The molecular weight excluding hydrogens is 312 g/mol. The molecule has 1 aliphatic rings.